The van der Waals surface area contributed by atoms with Crippen molar-refractivity contribution in [3.05, 3.63) is 87.2 Å². The van der Waals surface area contributed by atoms with E-state index in [1.165, 1.54) is 19.2 Å². The van der Waals surface area contributed by atoms with Crippen LogP contribution in [0.4, 0.5) is 0 Å². The van der Waals surface area contributed by atoms with Crippen LogP contribution in [-0.2, 0) is 14.3 Å². The molecule has 1 aromatic heterocycles. The molecule has 0 saturated carbocycles. The lowest BCUT2D eigenvalue weighted by atomic mass is 9.78. The number of allylic oxidation sites excluding steroid dienone is 1. The number of hydrogen-bond donors (Lipinski definition) is 2. The van der Waals surface area contributed by atoms with Crippen LogP contribution in [0.2, 0.25) is 0 Å². The molecule has 3 aromatic rings. The van der Waals surface area contributed by atoms with Gasteiger partial charge in [0.25, 0.3) is 5.56 Å². The summed E-state index contributed by atoms with van der Waals surface area (Å²) in [5.74, 6) is -4.02. The summed E-state index contributed by atoms with van der Waals surface area (Å²) in [6.07, 6.45) is -0.390. The third-order valence-corrected chi connectivity index (χ3v) is 5.24. The Kier molecular flexibility index (Phi) is 4.79. The van der Waals surface area contributed by atoms with Gasteiger partial charge in [0.1, 0.15) is 5.76 Å². The fraction of sp³-hybridized carbons (Fsp3) is 0.130. The fourth-order valence-electron chi connectivity index (χ4n) is 3.75. The number of aliphatic hydroxyl groups is 1. The second kappa shape index (κ2) is 7.44. The van der Waals surface area contributed by atoms with Crippen molar-refractivity contribution in [3.8, 4) is 0 Å². The zero-order chi connectivity index (χ0) is 21.4. The van der Waals surface area contributed by atoms with Crippen molar-refractivity contribution in [2.75, 3.05) is 7.11 Å². The van der Waals surface area contributed by atoms with Crippen LogP contribution < -0.4 is 5.56 Å². The molecule has 0 saturated heterocycles. The zero-order valence-electron chi connectivity index (χ0n) is 16.0. The summed E-state index contributed by atoms with van der Waals surface area (Å²) >= 11 is 0. The lowest BCUT2D eigenvalue weighted by Crippen LogP contribution is -2.30. The number of H-pyrrole nitrogens is 1. The highest BCUT2D eigenvalue weighted by Gasteiger charge is 2.39. The normalized spacial score (nSPS) is 14.6. The summed E-state index contributed by atoms with van der Waals surface area (Å²) in [5, 5.41) is 11.6. The molecule has 0 bridgehead atoms. The Morgan fingerprint density at radius 2 is 1.67 bits per heavy atom. The molecule has 2 aromatic carbocycles. The molecule has 0 spiro atoms. The van der Waals surface area contributed by atoms with Crippen LogP contribution >= 0.6 is 0 Å². The van der Waals surface area contributed by atoms with Crippen LogP contribution in [0.15, 0.2) is 65.0 Å². The molecule has 0 fully saturated rings. The molecule has 2 N–H and O–H groups in total. The lowest BCUT2D eigenvalue weighted by Gasteiger charge is -2.24. The summed E-state index contributed by atoms with van der Waals surface area (Å²) < 4.78 is 4.74. The zero-order valence-corrected chi connectivity index (χ0v) is 16.0. The minimum Gasteiger partial charge on any atom is -0.507 e. The van der Waals surface area contributed by atoms with E-state index in [9.17, 15) is 24.3 Å². The van der Waals surface area contributed by atoms with Gasteiger partial charge in [-0.15, -0.1) is 0 Å². The smallest absolute Gasteiger partial charge is 0.306 e. The summed E-state index contributed by atoms with van der Waals surface area (Å²) in [4.78, 5) is 53.2. The summed E-state index contributed by atoms with van der Waals surface area (Å²) in [7, 11) is 1.18. The number of esters is 1. The fourth-order valence-corrected chi connectivity index (χ4v) is 3.75. The van der Waals surface area contributed by atoms with E-state index in [2.05, 4.69) is 4.98 Å². The first-order valence-corrected chi connectivity index (χ1v) is 9.22. The molecule has 30 heavy (non-hydrogen) atoms. The van der Waals surface area contributed by atoms with Crippen LogP contribution in [0, 0.1) is 0 Å². The topological polar surface area (TPSA) is 114 Å². The van der Waals surface area contributed by atoms with Gasteiger partial charge in [-0.05, 0) is 17.5 Å². The summed E-state index contributed by atoms with van der Waals surface area (Å²) in [6.45, 7) is 0. The Bertz CT molecular complexity index is 1300. The molecule has 150 valence electrons. The van der Waals surface area contributed by atoms with Crippen LogP contribution in [-0.4, -0.2) is 34.7 Å². The molecule has 1 aliphatic carbocycles. The van der Waals surface area contributed by atoms with Gasteiger partial charge in [-0.3, -0.25) is 19.2 Å². The van der Waals surface area contributed by atoms with Gasteiger partial charge in [0.2, 0.25) is 11.6 Å². The second-order valence-corrected chi connectivity index (χ2v) is 6.94. The van der Waals surface area contributed by atoms with Gasteiger partial charge in [0.15, 0.2) is 0 Å². The largest absolute Gasteiger partial charge is 0.507 e. The standard InChI is InChI=1S/C23H17NO6/c1-30-18(25)11-15(16-10-12-6-2-5-9-17(12)24-23(16)29)19-20(26)13-7-3-4-8-14(13)21(27)22(19)28/h2-10,15,26H,11H2,1H3,(H,24,29). The number of aliphatic hydroxyl groups excluding tert-OH is 1. The summed E-state index contributed by atoms with van der Waals surface area (Å²) in [5.41, 5.74) is 0.114. The summed E-state index contributed by atoms with van der Waals surface area (Å²) in [6, 6.07) is 14.7. The SMILES string of the molecule is COC(=O)CC(C1=C(O)c2ccccc2C(=O)C1=O)c1cc2ccccc2[nH]c1=O. The van der Waals surface area contributed by atoms with E-state index in [1.54, 1.807) is 42.5 Å². The molecular formula is C23H17NO6. The lowest BCUT2D eigenvalue weighted by molar-refractivity contribution is -0.140. The van der Waals surface area contributed by atoms with E-state index in [1.807, 2.05) is 0 Å². The number of ether oxygens (including phenoxy) is 1. The molecule has 1 unspecified atom stereocenters. The first-order chi connectivity index (χ1) is 14.4. The van der Waals surface area contributed by atoms with E-state index in [-0.39, 0.29) is 22.3 Å². The maximum absolute atomic E-state index is 12.9. The van der Waals surface area contributed by atoms with Gasteiger partial charge in [-0.25, -0.2) is 0 Å². The number of methoxy groups -OCH3 is 1. The number of rotatable bonds is 4. The number of para-hydroxylation sites is 1. The van der Waals surface area contributed by atoms with Crippen molar-refractivity contribution in [1.29, 1.82) is 0 Å². The van der Waals surface area contributed by atoms with Crippen molar-refractivity contribution in [2.24, 2.45) is 0 Å². The Balaban J connectivity index is 1.98. The van der Waals surface area contributed by atoms with Gasteiger partial charge in [0.05, 0.1) is 19.1 Å². The average molecular weight is 403 g/mol. The van der Waals surface area contributed by atoms with E-state index in [0.29, 0.717) is 10.9 Å². The Morgan fingerprint density at radius 1 is 1.00 bits per heavy atom. The molecule has 4 rings (SSSR count). The van der Waals surface area contributed by atoms with Gasteiger partial charge in [0, 0.05) is 28.1 Å². The number of hydrogen-bond acceptors (Lipinski definition) is 6. The van der Waals surface area contributed by atoms with Gasteiger partial charge < -0.3 is 14.8 Å². The van der Waals surface area contributed by atoms with Gasteiger partial charge >= 0.3 is 5.97 Å². The van der Waals surface area contributed by atoms with Crippen molar-refractivity contribution < 1.29 is 24.2 Å². The number of aromatic nitrogens is 1. The number of benzene rings is 2. The minimum atomic E-state index is -1.16. The van der Waals surface area contributed by atoms with Crippen LogP contribution in [0.3, 0.4) is 0 Å². The second-order valence-electron chi connectivity index (χ2n) is 6.94. The first kappa shape index (κ1) is 19.3. The number of ketones is 2. The van der Waals surface area contributed by atoms with Crippen molar-refractivity contribution >= 4 is 34.2 Å². The molecule has 7 nitrogen and oxygen atoms in total. The predicted octanol–water partition coefficient (Wildman–Crippen LogP) is 2.91. The Labute approximate surface area is 170 Å². The Hall–Kier alpha value is -4.00. The number of fused-ring (bicyclic) bond motifs is 2. The molecule has 7 heteroatoms. The molecular weight excluding hydrogens is 386 g/mol. The molecule has 0 amide bonds. The maximum Gasteiger partial charge on any atom is 0.306 e. The van der Waals surface area contributed by atoms with Crippen molar-refractivity contribution in [1.82, 2.24) is 4.98 Å². The van der Waals surface area contributed by atoms with Crippen molar-refractivity contribution in [2.45, 2.75) is 12.3 Å². The number of pyridine rings is 1. The quantitative estimate of drug-likeness (QED) is 0.512. The highest BCUT2D eigenvalue weighted by molar-refractivity contribution is 6.52. The molecule has 0 aliphatic heterocycles. The number of Topliss-reactive ketones (excluding diaryl/α,β-unsaturated/α-hetero) is 2. The molecule has 1 aliphatic rings. The van der Waals surface area contributed by atoms with Crippen LogP contribution in [0.1, 0.15) is 33.8 Å². The molecule has 1 heterocycles. The minimum absolute atomic E-state index is 0.0768. The third kappa shape index (κ3) is 3.10. The number of carbonyl (C=O) groups is 3. The van der Waals surface area contributed by atoms with E-state index in [0.717, 1.165) is 0 Å². The van der Waals surface area contributed by atoms with Gasteiger partial charge in [-0.1, -0.05) is 42.5 Å². The number of aromatic amines is 1. The predicted molar refractivity (Wildman–Crippen MR) is 109 cm³/mol. The van der Waals surface area contributed by atoms with Crippen molar-refractivity contribution in [3.63, 3.8) is 0 Å². The average Bonchev–Trinajstić information content (AvgIpc) is 2.76. The maximum atomic E-state index is 12.9. The first-order valence-electron chi connectivity index (χ1n) is 9.22. The monoisotopic (exact) mass is 403 g/mol. The number of nitrogens with one attached hydrogen (secondary N) is 1. The van der Waals surface area contributed by atoms with E-state index < -0.39 is 41.2 Å². The highest BCUT2D eigenvalue weighted by Crippen LogP contribution is 2.37. The molecule has 0 radical (unpaired) electrons. The Morgan fingerprint density at radius 3 is 2.40 bits per heavy atom. The number of carbonyl (C=O) groups excluding carboxylic acids is 3. The van der Waals surface area contributed by atoms with E-state index in [4.69, 9.17) is 4.74 Å². The van der Waals surface area contributed by atoms with Crippen LogP contribution in [0.25, 0.3) is 16.7 Å². The molecule has 1 atom stereocenters. The van der Waals surface area contributed by atoms with Crippen LogP contribution in [0.5, 0.6) is 0 Å². The van der Waals surface area contributed by atoms with Gasteiger partial charge in [-0.2, -0.15) is 0 Å². The van der Waals surface area contributed by atoms with E-state index >= 15 is 0 Å². The highest BCUT2D eigenvalue weighted by atomic mass is 16.5. The third-order valence-electron chi connectivity index (χ3n) is 5.24.